The van der Waals surface area contributed by atoms with Gasteiger partial charge in [-0.25, -0.2) is 4.98 Å². The van der Waals surface area contributed by atoms with Crippen molar-refractivity contribution in [2.24, 2.45) is 0 Å². The number of nitrogen functional groups attached to an aromatic ring is 1. The fourth-order valence-electron chi connectivity index (χ4n) is 1.63. The topological polar surface area (TPSA) is 68.0 Å². The van der Waals surface area contributed by atoms with Gasteiger partial charge < -0.3 is 11.1 Å². The Kier molecular flexibility index (Phi) is 3.62. The first-order chi connectivity index (χ1) is 8.54. The van der Waals surface area contributed by atoms with Crippen LogP contribution in [0.4, 0.5) is 10.8 Å². The quantitative estimate of drug-likeness (QED) is 0.892. The molecule has 0 fully saturated rings. The van der Waals surface area contributed by atoms with Gasteiger partial charge in [0.25, 0.3) is 0 Å². The molecule has 0 saturated carbocycles. The van der Waals surface area contributed by atoms with Crippen LogP contribution >= 0.6 is 11.3 Å². The maximum atomic E-state index is 11.9. The number of hydrogen-bond acceptors (Lipinski definition) is 4. The second kappa shape index (κ2) is 5.18. The van der Waals surface area contributed by atoms with Crippen LogP contribution in [0.5, 0.6) is 0 Å². The van der Waals surface area contributed by atoms with Crippen molar-refractivity contribution in [2.45, 2.75) is 20.3 Å². The Labute approximate surface area is 110 Å². The average molecular weight is 261 g/mol. The molecule has 94 valence electrons. The van der Waals surface area contributed by atoms with Gasteiger partial charge in [-0.3, -0.25) is 4.79 Å². The van der Waals surface area contributed by atoms with Crippen LogP contribution in [-0.2, 0) is 11.2 Å². The number of hydrogen-bond donors (Lipinski definition) is 2. The summed E-state index contributed by atoms with van der Waals surface area (Å²) in [5.41, 5.74) is 9.25. The highest BCUT2D eigenvalue weighted by molar-refractivity contribution is 7.13. The van der Waals surface area contributed by atoms with E-state index in [1.165, 1.54) is 11.3 Å². The summed E-state index contributed by atoms with van der Waals surface area (Å²) in [4.78, 5) is 15.9. The molecule has 0 radical (unpaired) electrons. The van der Waals surface area contributed by atoms with Crippen molar-refractivity contribution in [1.82, 2.24) is 4.98 Å². The van der Waals surface area contributed by atoms with Crippen LogP contribution in [0.1, 0.15) is 16.8 Å². The zero-order valence-electron chi connectivity index (χ0n) is 10.4. The van der Waals surface area contributed by atoms with Gasteiger partial charge in [-0.15, -0.1) is 11.3 Å². The number of nitrogens with two attached hydrogens (primary N) is 1. The summed E-state index contributed by atoms with van der Waals surface area (Å²) in [5, 5.41) is 5.19. The van der Waals surface area contributed by atoms with Gasteiger partial charge in [0.1, 0.15) is 0 Å². The maximum absolute atomic E-state index is 11.9. The molecule has 0 aliphatic carbocycles. The van der Waals surface area contributed by atoms with Gasteiger partial charge in [-0.2, -0.15) is 0 Å². The summed E-state index contributed by atoms with van der Waals surface area (Å²) in [6.07, 6.45) is 0.251. The molecule has 1 heterocycles. The van der Waals surface area contributed by atoms with Crippen molar-refractivity contribution in [2.75, 3.05) is 11.1 Å². The summed E-state index contributed by atoms with van der Waals surface area (Å²) in [5.74, 6) is -0.0750. The Morgan fingerprint density at radius 2 is 2.22 bits per heavy atom. The molecule has 1 amide bonds. The molecule has 0 bridgehead atoms. The fraction of sp³-hybridized carbons (Fsp3) is 0.231. The number of aromatic nitrogens is 1. The molecular weight excluding hydrogens is 246 g/mol. The zero-order chi connectivity index (χ0) is 13.1. The minimum Gasteiger partial charge on any atom is -0.375 e. The Morgan fingerprint density at radius 3 is 2.89 bits per heavy atom. The number of benzene rings is 1. The van der Waals surface area contributed by atoms with E-state index in [1.807, 2.05) is 32.0 Å². The Bertz CT molecular complexity index is 577. The molecule has 2 aromatic rings. The molecular formula is C13H15N3OS. The molecule has 3 N–H and O–H groups in total. The Balaban J connectivity index is 2.05. The van der Waals surface area contributed by atoms with Crippen LogP contribution in [0.25, 0.3) is 0 Å². The minimum absolute atomic E-state index is 0.0750. The summed E-state index contributed by atoms with van der Waals surface area (Å²) >= 11 is 1.34. The molecule has 0 spiro atoms. The van der Waals surface area contributed by atoms with Gasteiger partial charge in [0.15, 0.2) is 5.13 Å². The number of rotatable bonds is 3. The molecule has 18 heavy (non-hydrogen) atoms. The van der Waals surface area contributed by atoms with Crippen LogP contribution < -0.4 is 11.1 Å². The molecule has 0 atom stereocenters. The molecule has 1 aromatic heterocycles. The SMILES string of the molecule is Cc1ccc(C)c(NC(=O)Cc2csc(N)n2)c1. The van der Waals surface area contributed by atoms with Crippen molar-refractivity contribution >= 4 is 28.1 Å². The van der Waals surface area contributed by atoms with Crippen LogP contribution in [-0.4, -0.2) is 10.9 Å². The predicted molar refractivity (Wildman–Crippen MR) is 74.8 cm³/mol. The number of nitrogens with one attached hydrogen (secondary N) is 1. The lowest BCUT2D eigenvalue weighted by molar-refractivity contribution is -0.115. The molecule has 1 aromatic carbocycles. The molecule has 0 saturated heterocycles. The highest BCUT2D eigenvalue weighted by Gasteiger charge is 2.08. The molecule has 0 unspecified atom stereocenters. The summed E-state index contributed by atoms with van der Waals surface area (Å²) in [6, 6.07) is 5.97. The van der Waals surface area contributed by atoms with E-state index >= 15 is 0 Å². The molecule has 0 aliphatic rings. The van der Waals surface area contributed by atoms with E-state index in [1.54, 1.807) is 5.38 Å². The molecule has 5 heteroatoms. The zero-order valence-corrected chi connectivity index (χ0v) is 11.2. The monoisotopic (exact) mass is 261 g/mol. The van der Waals surface area contributed by atoms with Crippen LogP contribution in [0.2, 0.25) is 0 Å². The smallest absolute Gasteiger partial charge is 0.230 e. The van der Waals surface area contributed by atoms with Crippen molar-refractivity contribution in [1.29, 1.82) is 0 Å². The van der Waals surface area contributed by atoms with Gasteiger partial charge in [-0.05, 0) is 31.0 Å². The van der Waals surface area contributed by atoms with Crippen molar-refractivity contribution in [3.63, 3.8) is 0 Å². The van der Waals surface area contributed by atoms with E-state index < -0.39 is 0 Å². The third-order valence-electron chi connectivity index (χ3n) is 2.58. The van der Waals surface area contributed by atoms with E-state index in [2.05, 4.69) is 10.3 Å². The van der Waals surface area contributed by atoms with E-state index in [4.69, 9.17) is 5.73 Å². The number of amides is 1. The molecule has 0 aliphatic heterocycles. The third kappa shape index (κ3) is 3.07. The van der Waals surface area contributed by atoms with E-state index in [0.717, 1.165) is 16.8 Å². The van der Waals surface area contributed by atoms with E-state index in [9.17, 15) is 4.79 Å². The van der Waals surface area contributed by atoms with Crippen molar-refractivity contribution in [3.05, 3.63) is 40.4 Å². The Morgan fingerprint density at radius 1 is 1.44 bits per heavy atom. The number of anilines is 2. The normalized spacial score (nSPS) is 10.3. The molecule has 2 rings (SSSR count). The lowest BCUT2D eigenvalue weighted by Gasteiger charge is -2.08. The highest BCUT2D eigenvalue weighted by atomic mass is 32.1. The van der Waals surface area contributed by atoms with Crippen molar-refractivity contribution in [3.8, 4) is 0 Å². The van der Waals surface area contributed by atoms with Gasteiger partial charge in [-0.1, -0.05) is 12.1 Å². The number of aryl methyl sites for hydroxylation is 2. The predicted octanol–water partition coefficient (Wildman–Crippen LogP) is 2.52. The van der Waals surface area contributed by atoms with E-state index in [-0.39, 0.29) is 12.3 Å². The number of thiazole rings is 1. The minimum atomic E-state index is -0.0750. The summed E-state index contributed by atoms with van der Waals surface area (Å²) in [7, 11) is 0. The van der Waals surface area contributed by atoms with Gasteiger partial charge in [0, 0.05) is 11.1 Å². The standard InChI is InChI=1S/C13H15N3OS/c1-8-3-4-9(2)11(5-8)16-12(17)6-10-7-18-13(14)15-10/h3-5,7H,6H2,1-2H3,(H2,14,15)(H,16,17). The number of carbonyl (C=O) groups is 1. The Hall–Kier alpha value is -1.88. The first-order valence-corrected chi connectivity index (χ1v) is 6.49. The van der Waals surface area contributed by atoms with Gasteiger partial charge >= 0.3 is 0 Å². The van der Waals surface area contributed by atoms with Gasteiger partial charge in [0.2, 0.25) is 5.91 Å². The van der Waals surface area contributed by atoms with Crippen LogP contribution in [0.15, 0.2) is 23.6 Å². The second-order valence-electron chi connectivity index (χ2n) is 4.22. The fourth-order valence-corrected chi connectivity index (χ4v) is 2.20. The highest BCUT2D eigenvalue weighted by Crippen LogP contribution is 2.17. The van der Waals surface area contributed by atoms with Crippen LogP contribution in [0.3, 0.4) is 0 Å². The van der Waals surface area contributed by atoms with Crippen LogP contribution in [0, 0.1) is 13.8 Å². The summed E-state index contributed by atoms with van der Waals surface area (Å²) < 4.78 is 0. The first-order valence-electron chi connectivity index (χ1n) is 5.61. The summed E-state index contributed by atoms with van der Waals surface area (Å²) in [6.45, 7) is 3.96. The van der Waals surface area contributed by atoms with Gasteiger partial charge in [0.05, 0.1) is 12.1 Å². The third-order valence-corrected chi connectivity index (χ3v) is 3.30. The maximum Gasteiger partial charge on any atom is 0.230 e. The lowest BCUT2D eigenvalue weighted by atomic mass is 10.1. The average Bonchev–Trinajstić information content (AvgIpc) is 2.69. The molecule has 4 nitrogen and oxygen atoms in total. The number of nitrogens with zero attached hydrogens (tertiary/aromatic N) is 1. The number of carbonyl (C=O) groups excluding carboxylic acids is 1. The second-order valence-corrected chi connectivity index (χ2v) is 5.11. The first kappa shape index (κ1) is 12.6. The van der Waals surface area contributed by atoms with E-state index in [0.29, 0.717) is 10.8 Å². The lowest BCUT2D eigenvalue weighted by Crippen LogP contribution is -2.15. The largest absolute Gasteiger partial charge is 0.375 e. The van der Waals surface area contributed by atoms with Crippen molar-refractivity contribution < 1.29 is 4.79 Å².